The zero-order valence-electron chi connectivity index (χ0n) is 26.1. The van der Waals surface area contributed by atoms with Gasteiger partial charge in [-0.3, -0.25) is 9.59 Å². The number of halogens is 2. The molecule has 46 heavy (non-hydrogen) atoms. The van der Waals surface area contributed by atoms with Crippen molar-refractivity contribution in [1.29, 1.82) is 0 Å². The van der Waals surface area contributed by atoms with Crippen molar-refractivity contribution in [3.63, 3.8) is 0 Å². The Labute approximate surface area is 315 Å². The zero-order valence-corrected chi connectivity index (χ0v) is 33.2. The molecule has 2 fully saturated rings. The van der Waals surface area contributed by atoms with E-state index in [2.05, 4.69) is 64.2 Å². The smallest absolute Gasteiger partial charge is 0 e. The normalized spacial score (nSPS) is 23.7. The number of nitrogens with zero attached hydrogens (tertiary/aromatic N) is 2. The van der Waals surface area contributed by atoms with E-state index in [1.54, 1.807) is 9.80 Å². The van der Waals surface area contributed by atoms with E-state index in [0.717, 1.165) is 25.1 Å². The van der Waals surface area contributed by atoms with Gasteiger partial charge in [-0.25, -0.2) is 0 Å². The number of hydrogen-bond acceptors (Lipinski definition) is 6. The second-order valence-electron chi connectivity index (χ2n) is 11.1. The van der Waals surface area contributed by atoms with Gasteiger partial charge in [-0.15, -0.1) is 0 Å². The van der Waals surface area contributed by atoms with E-state index >= 15 is 0 Å². The maximum absolute atomic E-state index is 12.5. The molecule has 6 unspecified atom stereocenters. The first-order chi connectivity index (χ1) is 21.8. The summed E-state index contributed by atoms with van der Waals surface area (Å²) < 4.78 is 0. The van der Waals surface area contributed by atoms with Gasteiger partial charge >= 0.3 is 49.4 Å². The van der Waals surface area contributed by atoms with Crippen molar-refractivity contribution in [2.45, 2.75) is 63.2 Å². The Hall–Kier alpha value is -0.891. The Morgan fingerprint density at radius 2 is 1.17 bits per heavy atom. The molecule has 0 spiro atoms. The number of aldehydes is 1. The van der Waals surface area contributed by atoms with Gasteiger partial charge < -0.3 is 29.3 Å². The molecule has 0 aliphatic carbocycles. The van der Waals surface area contributed by atoms with Gasteiger partial charge in [-0.05, 0) is 37.8 Å². The number of carbonyl (C=O) groups excluding carboxylic acids is 5. The van der Waals surface area contributed by atoms with Crippen molar-refractivity contribution in [3.8, 4) is 0 Å². The van der Waals surface area contributed by atoms with Crippen LogP contribution in [0.4, 0.5) is 0 Å². The number of aliphatic hydroxyl groups is 1. The van der Waals surface area contributed by atoms with Crippen molar-refractivity contribution in [2.75, 3.05) is 19.7 Å². The first-order valence-electron chi connectivity index (χ1n) is 15.0. The Bertz CT molecular complexity index is 1210. The predicted molar refractivity (Wildman–Crippen MR) is 193 cm³/mol. The minimum atomic E-state index is -0.225. The van der Waals surface area contributed by atoms with Crippen LogP contribution in [-0.2, 0) is 52.0 Å². The quantitative estimate of drug-likeness (QED) is 0.190. The molecule has 8 nitrogen and oxygen atoms in total. The predicted octanol–water partition coefficient (Wildman–Crippen LogP) is 4.60. The van der Waals surface area contributed by atoms with Crippen LogP contribution in [0.15, 0.2) is 60.7 Å². The van der Waals surface area contributed by atoms with Gasteiger partial charge in [0.15, 0.2) is 14.6 Å². The van der Waals surface area contributed by atoms with Crippen molar-refractivity contribution in [3.05, 3.63) is 71.8 Å². The molecular weight excluding hydrogens is 886 g/mol. The molecular formula is C32H40B2I2N2O6V2. The number of piperidine rings is 2. The zero-order chi connectivity index (χ0) is 33.2. The second kappa shape index (κ2) is 24.3. The van der Waals surface area contributed by atoms with Crippen LogP contribution in [0.2, 0.25) is 12.6 Å². The fourth-order valence-corrected chi connectivity index (χ4v) is 6.33. The summed E-state index contributed by atoms with van der Waals surface area (Å²) in [6, 6.07) is 20.2. The molecule has 2 saturated heterocycles. The van der Waals surface area contributed by atoms with Crippen LogP contribution >= 0.6 is 40.0 Å². The van der Waals surface area contributed by atoms with Gasteiger partial charge in [0, 0.05) is 60.9 Å². The van der Waals surface area contributed by atoms with Crippen molar-refractivity contribution in [1.82, 2.24) is 9.80 Å². The molecule has 2 aliphatic rings. The fourth-order valence-electron chi connectivity index (χ4n) is 6.33. The molecule has 244 valence electrons. The molecule has 0 bridgehead atoms. The number of aliphatic hydroxyl groups excluding tert-OH is 1. The van der Waals surface area contributed by atoms with Crippen LogP contribution in [-0.4, -0.2) is 91.7 Å². The van der Waals surface area contributed by atoms with Crippen LogP contribution in [0, 0.1) is 11.8 Å². The van der Waals surface area contributed by atoms with E-state index in [1.165, 1.54) is 25.7 Å². The molecule has 2 heterocycles. The van der Waals surface area contributed by atoms with Gasteiger partial charge in [-0.1, -0.05) is 73.3 Å². The first kappa shape index (κ1) is 43.1. The summed E-state index contributed by atoms with van der Waals surface area (Å²) in [5, 5.41) is 9.22. The largest absolute Gasteiger partial charge is 0 e. The Balaban J connectivity index is 0.000000415. The number of benzene rings is 2. The number of rotatable bonds is 12. The van der Waals surface area contributed by atoms with Crippen LogP contribution in [0.5, 0.6) is 0 Å². The second-order valence-corrected chi connectivity index (χ2v) is 22.9. The Kier molecular flexibility index (Phi) is 22.8. The summed E-state index contributed by atoms with van der Waals surface area (Å²) in [5.41, 5.74) is 2.38. The molecule has 2 aromatic rings. The molecule has 0 aromatic heterocycles. The SMILES string of the molecule is CC1C(c2ccccc2)CC(C[B]C=O)C(=O)N1CC=O.CC1C(c2ccccc2)CC(C[B]C=O)C(=O)N1CCO.[I][V][I].[V]. The maximum atomic E-state index is 12.5. The standard InChI is InChI=1S/C16H21BNO3.C16H19BNO3.2HI.2V/c2*1-12-15(13-5-3-2-4-6-13)9-14(10-17-11-20)16(21)18(12)7-8-19;;;;/h2-6,11-12,14-15,19H,7-10H2,1H3;2-6,8,11-12,14-15H,7,9-10H2,1H3;2*1H;;/q;;;;;+2/p-2. The minimum absolute atomic E-state index is 0. The van der Waals surface area contributed by atoms with Crippen LogP contribution in [0.1, 0.15) is 49.7 Å². The van der Waals surface area contributed by atoms with Crippen LogP contribution < -0.4 is 0 Å². The summed E-state index contributed by atoms with van der Waals surface area (Å²) in [6.07, 6.45) is 4.61. The molecule has 2 aliphatic heterocycles. The third-order valence-electron chi connectivity index (χ3n) is 8.59. The van der Waals surface area contributed by atoms with Gasteiger partial charge in [0.2, 0.25) is 11.8 Å². The molecule has 4 rings (SSSR count). The van der Waals surface area contributed by atoms with E-state index in [0.29, 0.717) is 35.1 Å². The van der Waals surface area contributed by atoms with E-state index in [9.17, 15) is 29.1 Å². The minimum Gasteiger partial charge on any atom is 0 e. The molecule has 2 amide bonds. The first-order valence-corrected chi connectivity index (χ1v) is 24.0. The molecule has 0 saturated carbocycles. The summed E-state index contributed by atoms with van der Waals surface area (Å²) in [6.45, 7) is 4.44. The van der Waals surface area contributed by atoms with Crippen molar-refractivity contribution < 1.29 is 57.1 Å². The fraction of sp³-hybridized carbons (Fsp3) is 0.469. The number of β-amino-alcohol motifs (C(OH)–C–C–N with tert-alkyl or cyclic N) is 1. The number of hydrogen-bond donors (Lipinski definition) is 1. The molecule has 14 heteroatoms. The van der Waals surface area contributed by atoms with Crippen LogP contribution in [0.25, 0.3) is 0 Å². The van der Waals surface area contributed by atoms with Gasteiger partial charge in [0.1, 0.15) is 6.29 Å². The van der Waals surface area contributed by atoms with E-state index in [-0.39, 0.29) is 79.3 Å². The van der Waals surface area contributed by atoms with Gasteiger partial charge in [-0.2, -0.15) is 0 Å². The summed E-state index contributed by atoms with van der Waals surface area (Å²) >= 11 is 4.74. The van der Waals surface area contributed by atoms with Crippen LogP contribution in [0.3, 0.4) is 0 Å². The monoisotopic (exact) mass is 926 g/mol. The number of amides is 2. The van der Waals surface area contributed by atoms with E-state index in [4.69, 9.17) is 0 Å². The number of likely N-dealkylation sites (tertiary alicyclic amines) is 2. The summed E-state index contributed by atoms with van der Waals surface area (Å²) in [5.74, 6) is 0.0378. The Morgan fingerprint density at radius 3 is 1.54 bits per heavy atom. The van der Waals surface area contributed by atoms with E-state index < -0.39 is 0 Å². The maximum Gasteiger partial charge on any atom is 0 e. The van der Waals surface area contributed by atoms with Gasteiger partial charge in [0.05, 0.1) is 25.5 Å². The molecule has 3 radical (unpaired) electrons. The topological polar surface area (TPSA) is 112 Å². The third kappa shape index (κ3) is 12.9. The molecule has 1 N–H and O–H groups in total. The average molecular weight is 926 g/mol. The molecule has 2 aromatic carbocycles. The van der Waals surface area contributed by atoms with Crippen molar-refractivity contribution in [2.24, 2.45) is 11.8 Å². The van der Waals surface area contributed by atoms with Crippen molar-refractivity contribution >= 4 is 85.0 Å². The van der Waals surface area contributed by atoms with E-state index in [1.807, 2.05) is 50.2 Å². The average Bonchev–Trinajstić information content (AvgIpc) is 3.06. The third-order valence-corrected chi connectivity index (χ3v) is 8.59. The summed E-state index contributed by atoms with van der Waals surface area (Å²) in [7, 11) is 3.62. The summed E-state index contributed by atoms with van der Waals surface area (Å²) in [4.78, 5) is 60.3. The molecule has 6 atom stereocenters. The Morgan fingerprint density at radius 1 is 0.783 bits per heavy atom. The van der Waals surface area contributed by atoms with Gasteiger partial charge in [0.25, 0.3) is 0 Å². The number of carbonyl (C=O) groups is 5.